The van der Waals surface area contributed by atoms with Crippen molar-refractivity contribution >= 4 is 28.8 Å². The van der Waals surface area contributed by atoms with Crippen molar-refractivity contribution in [3.05, 3.63) is 89.0 Å². The van der Waals surface area contributed by atoms with Gasteiger partial charge < -0.3 is 10.2 Å². The molecule has 1 aliphatic rings. The number of allylic oxidation sites excluding steroid dienone is 1. The van der Waals surface area contributed by atoms with Crippen LogP contribution < -0.4 is 0 Å². The summed E-state index contributed by atoms with van der Waals surface area (Å²) in [6.07, 6.45) is 5.53. The Morgan fingerprint density at radius 2 is 1.32 bits per heavy atom. The van der Waals surface area contributed by atoms with Crippen LogP contribution in [0.4, 0.5) is 0 Å². The highest BCUT2D eigenvalue weighted by atomic mass is 16.4. The van der Waals surface area contributed by atoms with E-state index in [1.807, 2.05) is 0 Å². The van der Waals surface area contributed by atoms with E-state index in [9.17, 15) is 9.59 Å². The van der Waals surface area contributed by atoms with Crippen LogP contribution in [0.25, 0.3) is 16.8 Å². The molecule has 0 bridgehead atoms. The number of rotatable bonds is 2. The maximum absolute atomic E-state index is 10.3. The molecule has 2 N–H and O–H groups in total. The average molecular weight is 332 g/mol. The summed E-state index contributed by atoms with van der Waals surface area (Å²) < 4.78 is 0. The van der Waals surface area contributed by atoms with Crippen molar-refractivity contribution in [2.75, 3.05) is 0 Å². The minimum absolute atomic E-state index is 0.0833. The molecule has 0 radical (unpaired) electrons. The van der Waals surface area contributed by atoms with Gasteiger partial charge in [0.15, 0.2) is 0 Å². The van der Waals surface area contributed by atoms with Crippen LogP contribution in [0.2, 0.25) is 0 Å². The van der Waals surface area contributed by atoms with Crippen LogP contribution in [0.5, 0.6) is 0 Å². The summed E-state index contributed by atoms with van der Waals surface area (Å²) >= 11 is 0. The Morgan fingerprint density at radius 1 is 0.760 bits per heavy atom. The van der Waals surface area contributed by atoms with Crippen molar-refractivity contribution in [2.45, 2.75) is 6.42 Å². The van der Waals surface area contributed by atoms with Crippen LogP contribution in [0.1, 0.15) is 31.8 Å². The van der Waals surface area contributed by atoms with Gasteiger partial charge in [0.1, 0.15) is 0 Å². The molecule has 0 aromatic heterocycles. The number of carbonyl (C=O) groups is 2. The van der Waals surface area contributed by atoms with Crippen LogP contribution in [-0.4, -0.2) is 22.2 Å². The summed E-state index contributed by atoms with van der Waals surface area (Å²) in [7, 11) is 0. The summed E-state index contributed by atoms with van der Waals surface area (Å²) in [4.78, 5) is 20.7. The van der Waals surface area contributed by atoms with E-state index >= 15 is 0 Å². The van der Waals surface area contributed by atoms with Gasteiger partial charge in [-0.15, -0.1) is 0 Å². The lowest BCUT2D eigenvalue weighted by atomic mass is 9.93. The highest BCUT2D eigenvalue weighted by Crippen LogP contribution is 2.27. The fourth-order valence-electron chi connectivity index (χ4n) is 2.83. The van der Waals surface area contributed by atoms with Crippen LogP contribution in [0.3, 0.4) is 0 Å². The number of carboxylic acid groups (broad SMARTS) is 2. The molecule has 0 saturated carbocycles. The average Bonchev–Trinajstić information content (AvgIpc) is 2.63. The van der Waals surface area contributed by atoms with Gasteiger partial charge in [-0.3, -0.25) is 0 Å². The van der Waals surface area contributed by atoms with Gasteiger partial charge in [-0.2, -0.15) is 0 Å². The van der Waals surface area contributed by atoms with Crippen molar-refractivity contribution in [3.63, 3.8) is 0 Å². The quantitative estimate of drug-likeness (QED) is 0.725. The Kier molecular flexibility index (Phi) is 4.61. The van der Waals surface area contributed by atoms with E-state index in [0.717, 1.165) is 6.42 Å². The van der Waals surface area contributed by atoms with Gasteiger partial charge in [0.25, 0.3) is 0 Å². The third kappa shape index (κ3) is 3.58. The molecule has 0 amide bonds. The van der Waals surface area contributed by atoms with Gasteiger partial charge in [-0.05, 0) is 52.6 Å². The maximum Gasteiger partial charge on any atom is 0.335 e. The predicted octanol–water partition coefficient (Wildman–Crippen LogP) is 4.49. The zero-order valence-electron chi connectivity index (χ0n) is 13.3. The van der Waals surface area contributed by atoms with E-state index < -0.39 is 11.9 Å². The Hall–Kier alpha value is -3.40. The summed E-state index contributed by atoms with van der Waals surface area (Å²) in [6, 6.07) is 18.0. The summed E-state index contributed by atoms with van der Waals surface area (Å²) in [6.45, 7) is 0. The van der Waals surface area contributed by atoms with Gasteiger partial charge in [-0.25, -0.2) is 9.59 Å². The molecule has 3 aromatic carbocycles. The van der Waals surface area contributed by atoms with Crippen molar-refractivity contribution in [3.8, 4) is 0 Å². The van der Waals surface area contributed by atoms with Crippen LogP contribution in [-0.2, 0) is 6.42 Å². The standard InChI is InChI=1S/C13H10.C8H6O4/c1-4-10-6-2-8-12-9-3-7-11(5-1)13(10)12;9-7(10)5-1-2-6(4-3-5)8(11)12/h1-8H,9H2;1-4H,(H,9,10)(H,11,12). The molecule has 3 aromatic rings. The number of hydrogen-bond acceptors (Lipinski definition) is 2. The first-order valence-electron chi connectivity index (χ1n) is 7.80. The molecule has 0 saturated heterocycles. The van der Waals surface area contributed by atoms with Crippen molar-refractivity contribution < 1.29 is 19.8 Å². The normalized spacial score (nSPS) is 11.5. The molecule has 0 heterocycles. The molecule has 1 aliphatic carbocycles. The highest BCUT2D eigenvalue weighted by Gasteiger charge is 2.06. The van der Waals surface area contributed by atoms with Gasteiger partial charge in [0, 0.05) is 0 Å². The molecule has 124 valence electrons. The predicted molar refractivity (Wildman–Crippen MR) is 97.0 cm³/mol. The molecule has 4 heteroatoms. The molecular formula is C21H16O4. The van der Waals surface area contributed by atoms with E-state index in [0.29, 0.717) is 0 Å². The second-order valence-electron chi connectivity index (χ2n) is 5.66. The number of aromatic carboxylic acids is 2. The summed E-state index contributed by atoms with van der Waals surface area (Å²) in [5.74, 6) is -2.13. The van der Waals surface area contributed by atoms with Gasteiger partial charge in [-0.1, -0.05) is 48.6 Å². The Balaban J connectivity index is 0.000000147. The lowest BCUT2D eigenvalue weighted by molar-refractivity contribution is 0.0681. The zero-order valence-corrected chi connectivity index (χ0v) is 13.3. The SMILES string of the molecule is C1=Cc2cccc3cccc(c23)C1.O=C(O)c1ccc(C(=O)O)cc1. The van der Waals surface area contributed by atoms with E-state index in [2.05, 4.69) is 48.6 Å². The molecular weight excluding hydrogens is 316 g/mol. The maximum atomic E-state index is 10.3. The topological polar surface area (TPSA) is 74.6 Å². The molecule has 4 rings (SSSR count). The van der Waals surface area contributed by atoms with E-state index in [1.54, 1.807) is 0 Å². The summed E-state index contributed by atoms with van der Waals surface area (Å²) in [5.41, 5.74) is 2.98. The second-order valence-corrected chi connectivity index (χ2v) is 5.66. The zero-order chi connectivity index (χ0) is 17.8. The fourth-order valence-corrected chi connectivity index (χ4v) is 2.83. The molecule has 0 atom stereocenters. The second kappa shape index (κ2) is 7.01. The Bertz CT molecular complexity index is 931. The minimum Gasteiger partial charge on any atom is -0.478 e. The minimum atomic E-state index is -1.06. The van der Waals surface area contributed by atoms with Crippen molar-refractivity contribution in [2.24, 2.45) is 0 Å². The molecule has 4 nitrogen and oxygen atoms in total. The summed E-state index contributed by atoms with van der Waals surface area (Å²) in [5, 5.41) is 19.7. The third-order valence-electron chi connectivity index (χ3n) is 4.04. The van der Waals surface area contributed by atoms with Gasteiger partial charge >= 0.3 is 11.9 Å². The highest BCUT2D eigenvalue weighted by molar-refractivity contribution is 5.95. The monoisotopic (exact) mass is 332 g/mol. The first-order valence-corrected chi connectivity index (χ1v) is 7.80. The van der Waals surface area contributed by atoms with Crippen molar-refractivity contribution in [1.82, 2.24) is 0 Å². The smallest absolute Gasteiger partial charge is 0.335 e. The fraction of sp³-hybridized carbons (Fsp3) is 0.0476. The Labute approximate surface area is 144 Å². The number of carboxylic acids is 2. The first-order chi connectivity index (χ1) is 12.1. The van der Waals surface area contributed by atoms with E-state index in [-0.39, 0.29) is 11.1 Å². The molecule has 0 unspecified atom stereocenters. The largest absolute Gasteiger partial charge is 0.478 e. The first kappa shape index (κ1) is 16.5. The number of hydrogen-bond donors (Lipinski definition) is 2. The van der Waals surface area contributed by atoms with E-state index in [1.165, 1.54) is 46.2 Å². The van der Waals surface area contributed by atoms with Crippen LogP contribution in [0.15, 0.2) is 66.7 Å². The van der Waals surface area contributed by atoms with Crippen molar-refractivity contribution in [1.29, 1.82) is 0 Å². The molecule has 25 heavy (non-hydrogen) atoms. The van der Waals surface area contributed by atoms with Gasteiger partial charge in [0.2, 0.25) is 0 Å². The lowest BCUT2D eigenvalue weighted by Crippen LogP contribution is -1.99. The van der Waals surface area contributed by atoms with E-state index in [4.69, 9.17) is 10.2 Å². The number of benzene rings is 3. The van der Waals surface area contributed by atoms with Gasteiger partial charge in [0.05, 0.1) is 11.1 Å². The lowest BCUT2D eigenvalue weighted by Gasteiger charge is -2.11. The molecule has 0 aliphatic heterocycles. The van der Waals surface area contributed by atoms with Crippen LogP contribution >= 0.6 is 0 Å². The Morgan fingerprint density at radius 3 is 1.88 bits per heavy atom. The molecule has 0 spiro atoms. The van der Waals surface area contributed by atoms with Crippen LogP contribution in [0, 0.1) is 0 Å². The molecule has 0 fully saturated rings. The third-order valence-corrected chi connectivity index (χ3v) is 4.04.